The molecule has 1 heterocycles. The van der Waals surface area contributed by atoms with Gasteiger partial charge in [-0.25, -0.2) is 4.79 Å². The molecule has 2 N–H and O–H groups in total. The summed E-state index contributed by atoms with van der Waals surface area (Å²) < 4.78 is 5.40. The smallest absolute Gasteiger partial charge is 0.410 e. The number of rotatable bonds is 3. The minimum absolute atomic E-state index is 0.109. The molecule has 0 spiro atoms. The van der Waals surface area contributed by atoms with Crippen molar-refractivity contribution < 1.29 is 14.6 Å². The Bertz CT molecular complexity index is 289. The average molecular weight is 272 g/mol. The second kappa shape index (κ2) is 7.10. The molecule has 0 bridgehead atoms. The standard InChI is InChI=1S/C14H28N2O3/c1-11(10-17)15-12-6-5-8-16(9-7-12)13(18)19-14(2,3)4/h11-12,15,17H,5-10H2,1-4H3/t11-,12?/m1/s1. The molecule has 1 unspecified atom stereocenters. The molecule has 1 saturated heterocycles. The summed E-state index contributed by atoms with van der Waals surface area (Å²) in [5.41, 5.74) is -0.438. The van der Waals surface area contributed by atoms with E-state index in [1.165, 1.54) is 0 Å². The summed E-state index contributed by atoms with van der Waals surface area (Å²) in [4.78, 5) is 13.8. The van der Waals surface area contributed by atoms with E-state index in [0.29, 0.717) is 12.6 Å². The number of hydrogen-bond acceptors (Lipinski definition) is 4. The van der Waals surface area contributed by atoms with E-state index in [2.05, 4.69) is 5.32 Å². The van der Waals surface area contributed by atoms with Gasteiger partial charge in [0.25, 0.3) is 0 Å². The molecule has 0 saturated carbocycles. The largest absolute Gasteiger partial charge is 0.444 e. The van der Waals surface area contributed by atoms with Gasteiger partial charge in [-0.1, -0.05) is 0 Å². The van der Waals surface area contributed by atoms with Gasteiger partial charge in [-0.2, -0.15) is 0 Å². The molecule has 1 aliphatic heterocycles. The van der Waals surface area contributed by atoms with Crippen LogP contribution in [-0.2, 0) is 4.74 Å². The summed E-state index contributed by atoms with van der Waals surface area (Å²) in [6.07, 6.45) is 2.69. The summed E-state index contributed by atoms with van der Waals surface area (Å²) in [5.74, 6) is 0. The van der Waals surface area contributed by atoms with Crippen LogP contribution in [0.5, 0.6) is 0 Å². The zero-order valence-electron chi connectivity index (χ0n) is 12.6. The fourth-order valence-corrected chi connectivity index (χ4v) is 2.23. The van der Waals surface area contributed by atoms with E-state index in [1.54, 1.807) is 4.90 Å². The fourth-order valence-electron chi connectivity index (χ4n) is 2.23. The number of nitrogens with zero attached hydrogens (tertiary/aromatic N) is 1. The third kappa shape index (κ3) is 6.25. The lowest BCUT2D eigenvalue weighted by molar-refractivity contribution is 0.0256. The maximum atomic E-state index is 12.0. The van der Waals surface area contributed by atoms with Crippen LogP contribution in [0.3, 0.4) is 0 Å². The average Bonchev–Trinajstić information content (AvgIpc) is 2.52. The van der Waals surface area contributed by atoms with Crippen molar-refractivity contribution in [1.29, 1.82) is 0 Å². The van der Waals surface area contributed by atoms with Gasteiger partial charge in [0, 0.05) is 25.2 Å². The van der Waals surface area contributed by atoms with Gasteiger partial charge in [0.15, 0.2) is 0 Å². The molecule has 112 valence electrons. The zero-order valence-corrected chi connectivity index (χ0v) is 12.6. The van der Waals surface area contributed by atoms with Crippen molar-refractivity contribution in [2.24, 2.45) is 0 Å². The Labute approximate surface area is 116 Å². The minimum Gasteiger partial charge on any atom is -0.444 e. The summed E-state index contributed by atoms with van der Waals surface area (Å²) in [5, 5.41) is 12.4. The number of amides is 1. The van der Waals surface area contributed by atoms with Crippen LogP contribution in [0.2, 0.25) is 0 Å². The Kier molecular flexibility index (Phi) is 6.07. The van der Waals surface area contributed by atoms with Crippen LogP contribution < -0.4 is 5.32 Å². The molecule has 1 aliphatic rings. The van der Waals surface area contributed by atoms with Crippen molar-refractivity contribution >= 4 is 6.09 Å². The molecule has 0 aromatic rings. The molecule has 0 aromatic carbocycles. The Morgan fingerprint density at radius 1 is 1.42 bits per heavy atom. The van der Waals surface area contributed by atoms with E-state index in [9.17, 15) is 4.79 Å². The summed E-state index contributed by atoms with van der Waals surface area (Å²) in [6.45, 7) is 9.23. The molecule has 5 nitrogen and oxygen atoms in total. The molecule has 5 heteroatoms. The Morgan fingerprint density at radius 2 is 2.11 bits per heavy atom. The van der Waals surface area contributed by atoms with E-state index >= 15 is 0 Å². The topological polar surface area (TPSA) is 61.8 Å². The second-order valence-electron chi connectivity index (χ2n) is 6.35. The first-order valence-corrected chi connectivity index (χ1v) is 7.16. The monoisotopic (exact) mass is 272 g/mol. The predicted molar refractivity (Wildman–Crippen MR) is 75.1 cm³/mol. The summed E-state index contributed by atoms with van der Waals surface area (Å²) >= 11 is 0. The fraction of sp³-hybridized carbons (Fsp3) is 0.929. The zero-order chi connectivity index (χ0) is 14.5. The van der Waals surface area contributed by atoms with E-state index in [4.69, 9.17) is 9.84 Å². The maximum absolute atomic E-state index is 12.0. The molecule has 1 fully saturated rings. The molecule has 2 atom stereocenters. The van der Waals surface area contributed by atoms with Crippen LogP contribution in [0.25, 0.3) is 0 Å². The van der Waals surface area contributed by atoms with Crippen LogP contribution in [0, 0.1) is 0 Å². The van der Waals surface area contributed by atoms with Gasteiger partial charge in [-0.05, 0) is 47.0 Å². The Hall–Kier alpha value is -0.810. The van der Waals surface area contributed by atoms with Crippen LogP contribution in [-0.4, -0.2) is 53.5 Å². The van der Waals surface area contributed by atoms with Gasteiger partial charge in [-0.15, -0.1) is 0 Å². The molecule has 19 heavy (non-hydrogen) atoms. The molecular formula is C14H28N2O3. The van der Waals surface area contributed by atoms with E-state index < -0.39 is 5.60 Å². The maximum Gasteiger partial charge on any atom is 0.410 e. The number of ether oxygens (including phenoxy) is 1. The first-order valence-electron chi connectivity index (χ1n) is 7.16. The molecule has 0 aromatic heterocycles. The number of carbonyl (C=O) groups is 1. The van der Waals surface area contributed by atoms with E-state index in [-0.39, 0.29) is 18.7 Å². The Morgan fingerprint density at radius 3 is 2.68 bits per heavy atom. The normalized spacial score (nSPS) is 22.8. The van der Waals surface area contributed by atoms with Gasteiger partial charge in [0.2, 0.25) is 0 Å². The van der Waals surface area contributed by atoms with Crippen LogP contribution in [0.4, 0.5) is 4.79 Å². The highest BCUT2D eigenvalue weighted by Gasteiger charge is 2.25. The number of aliphatic hydroxyl groups excluding tert-OH is 1. The highest BCUT2D eigenvalue weighted by Crippen LogP contribution is 2.15. The predicted octanol–water partition coefficient (Wildman–Crippen LogP) is 1.75. The first kappa shape index (κ1) is 16.2. The van der Waals surface area contributed by atoms with Crippen LogP contribution >= 0.6 is 0 Å². The minimum atomic E-state index is -0.438. The third-order valence-corrected chi connectivity index (χ3v) is 3.17. The van der Waals surface area contributed by atoms with Gasteiger partial charge in [0.05, 0.1) is 6.61 Å². The van der Waals surface area contributed by atoms with Crippen LogP contribution in [0.15, 0.2) is 0 Å². The van der Waals surface area contributed by atoms with Crippen molar-refractivity contribution in [3.05, 3.63) is 0 Å². The number of carbonyl (C=O) groups excluding carboxylic acids is 1. The van der Waals surface area contributed by atoms with Gasteiger partial charge in [0.1, 0.15) is 5.60 Å². The summed E-state index contributed by atoms with van der Waals surface area (Å²) in [6, 6.07) is 0.479. The van der Waals surface area contributed by atoms with Crippen molar-refractivity contribution in [3.63, 3.8) is 0 Å². The van der Waals surface area contributed by atoms with Crippen molar-refractivity contribution in [1.82, 2.24) is 10.2 Å². The number of aliphatic hydroxyl groups is 1. The lowest BCUT2D eigenvalue weighted by Crippen LogP contribution is -2.40. The highest BCUT2D eigenvalue weighted by atomic mass is 16.6. The first-order chi connectivity index (χ1) is 8.81. The van der Waals surface area contributed by atoms with Gasteiger partial charge in [-0.3, -0.25) is 0 Å². The molecule has 1 amide bonds. The van der Waals surface area contributed by atoms with Crippen molar-refractivity contribution in [2.75, 3.05) is 19.7 Å². The number of likely N-dealkylation sites (tertiary alicyclic amines) is 1. The lowest BCUT2D eigenvalue weighted by Gasteiger charge is -2.26. The highest BCUT2D eigenvalue weighted by molar-refractivity contribution is 5.68. The van der Waals surface area contributed by atoms with Crippen molar-refractivity contribution in [2.45, 2.75) is 64.6 Å². The SMILES string of the molecule is C[C@H](CO)NC1CCCN(C(=O)OC(C)(C)C)CC1. The van der Waals surface area contributed by atoms with E-state index in [0.717, 1.165) is 25.8 Å². The van der Waals surface area contributed by atoms with E-state index in [1.807, 2.05) is 27.7 Å². The molecule has 0 radical (unpaired) electrons. The summed E-state index contributed by atoms with van der Waals surface area (Å²) in [7, 11) is 0. The number of hydrogen-bond donors (Lipinski definition) is 2. The van der Waals surface area contributed by atoms with Gasteiger partial charge >= 0.3 is 6.09 Å². The molecular weight excluding hydrogens is 244 g/mol. The second-order valence-corrected chi connectivity index (χ2v) is 6.35. The van der Waals surface area contributed by atoms with Crippen molar-refractivity contribution in [3.8, 4) is 0 Å². The Balaban J connectivity index is 2.43. The third-order valence-electron chi connectivity index (χ3n) is 3.17. The quantitative estimate of drug-likeness (QED) is 0.821. The molecule has 1 rings (SSSR count). The number of nitrogens with one attached hydrogen (secondary N) is 1. The van der Waals surface area contributed by atoms with Crippen LogP contribution in [0.1, 0.15) is 47.0 Å². The van der Waals surface area contributed by atoms with Gasteiger partial charge < -0.3 is 20.1 Å². The lowest BCUT2D eigenvalue weighted by atomic mass is 10.1. The molecule has 0 aliphatic carbocycles.